The molecular formula is C17H11F3O4S. The molecular weight excluding hydrogens is 357 g/mol. The summed E-state index contributed by atoms with van der Waals surface area (Å²) >= 11 is 0. The Hall–Kier alpha value is -2.61. The minimum Gasteiger partial charge on any atom is -0.457 e. The molecule has 3 rings (SSSR count). The molecule has 1 aliphatic heterocycles. The Labute approximate surface area is 141 Å². The molecule has 0 aliphatic carbocycles. The lowest BCUT2D eigenvalue weighted by Gasteiger charge is -2.07. The van der Waals surface area contributed by atoms with Gasteiger partial charge in [-0.05, 0) is 35.4 Å². The first kappa shape index (κ1) is 17.2. The molecule has 0 spiro atoms. The molecule has 0 unspecified atom stereocenters. The summed E-state index contributed by atoms with van der Waals surface area (Å²) in [5, 5.41) is 0. The Bertz CT molecular complexity index is 1030. The van der Waals surface area contributed by atoms with E-state index < -0.39 is 38.2 Å². The molecule has 0 atom stereocenters. The van der Waals surface area contributed by atoms with Gasteiger partial charge in [-0.15, -0.1) is 0 Å². The predicted octanol–water partition coefficient (Wildman–Crippen LogP) is 2.98. The van der Waals surface area contributed by atoms with Crippen LogP contribution in [-0.2, 0) is 19.4 Å². The summed E-state index contributed by atoms with van der Waals surface area (Å²) in [4.78, 5) is 11.5. The molecule has 0 N–H and O–H groups in total. The van der Waals surface area contributed by atoms with Gasteiger partial charge in [0.05, 0.1) is 5.57 Å². The maximum absolute atomic E-state index is 14.1. The highest BCUT2D eigenvalue weighted by Gasteiger charge is 2.28. The van der Waals surface area contributed by atoms with Crippen LogP contribution in [0.3, 0.4) is 0 Å². The van der Waals surface area contributed by atoms with Crippen molar-refractivity contribution in [2.24, 2.45) is 0 Å². The number of carbonyl (C=O) groups is 1. The second kappa shape index (κ2) is 6.03. The third-order valence-electron chi connectivity index (χ3n) is 3.74. The van der Waals surface area contributed by atoms with Crippen molar-refractivity contribution in [2.45, 2.75) is 4.90 Å². The number of hydrogen-bond donors (Lipinski definition) is 0. The van der Waals surface area contributed by atoms with E-state index in [1.165, 1.54) is 12.1 Å². The Morgan fingerprint density at radius 2 is 1.56 bits per heavy atom. The van der Waals surface area contributed by atoms with Crippen molar-refractivity contribution in [3.63, 3.8) is 0 Å². The highest BCUT2D eigenvalue weighted by atomic mass is 32.2. The Morgan fingerprint density at radius 1 is 0.920 bits per heavy atom. The van der Waals surface area contributed by atoms with E-state index in [1.807, 2.05) is 0 Å². The minimum absolute atomic E-state index is 0.0228. The summed E-state index contributed by atoms with van der Waals surface area (Å²) in [5.74, 6) is -3.94. The van der Waals surface area contributed by atoms with Gasteiger partial charge < -0.3 is 4.74 Å². The average Bonchev–Trinajstić information content (AvgIpc) is 2.90. The second-order valence-electron chi connectivity index (χ2n) is 5.48. The standard InChI is InChI=1S/C17H11F3O4S/c1-25(22,23)15-5-3-9(6-14(15)20)11-8-24-17(21)16(11)10-2-4-12(18)13(19)7-10/h2-7H,8H2,1H3. The van der Waals surface area contributed by atoms with Gasteiger partial charge in [0.2, 0.25) is 0 Å². The smallest absolute Gasteiger partial charge is 0.339 e. The van der Waals surface area contributed by atoms with Gasteiger partial charge in [-0.2, -0.15) is 0 Å². The molecule has 8 heteroatoms. The van der Waals surface area contributed by atoms with E-state index in [0.29, 0.717) is 0 Å². The number of carbonyl (C=O) groups excluding carboxylic acids is 1. The lowest BCUT2D eigenvalue weighted by Crippen LogP contribution is -2.02. The van der Waals surface area contributed by atoms with Crippen LogP contribution in [0.15, 0.2) is 41.3 Å². The summed E-state index contributed by atoms with van der Waals surface area (Å²) in [5.41, 5.74) is 0.542. The van der Waals surface area contributed by atoms with Crippen LogP contribution in [-0.4, -0.2) is 27.2 Å². The topological polar surface area (TPSA) is 60.4 Å². The van der Waals surface area contributed by atoms with Crippen molar-refractivity contribution in [1.29, 1.82) is 0 Å². The van der Waals surface area contributed by atoms with Gasteiger partial charge >= 0.3 is 5.97 Å². The molecule has 4 nitrogen and oxygen atoms in total. The first-order valence-electron chi connectivity index (χ1n) is 7.04. The molecule has 1 heterocycles. The van der Waals surface area contributed by atoms with Crippen LogP contribution in [0.5, 0.6) is 0 Å². The highest BCUT2D eigenvalue weighted by molar-refractivity contribution is 7.90. The lowest BCUT2D eigenvalue weighted by molar-refractivity contribution is -0.133. The second-order valence-corrected chi connectivity index (χ2v) is 7.46. The average molecular weight is 368 g/mol. The van der Waals surface area contributed by atoms with Crippen molar-refractivity contribution in [2.75, 3.05) is 12.9 Å². The summed E-state index contributed by atoms with van der Waals surface area (Å²) < 4.78 is 68.6. The van der Waals surface area contributed by atoms with Crippen molar-refractivity contribution in [1.82, 2.24) is 0 Å². The maximum atomic E-state index is 14.1. The minimum atomic E-state index is -3.74. The van der Waals surface area contributed by atoms with Crippen LogP contribution in [0.1, 0.15) is 11.1 Å². The van der Waals surface area contributed by atoms with Gasteiger partial charge in [0.25, 0.3) is 0 Å². The van der Waals surface area contributed by atoms with E-state index in [1.54, 1.807) is 0 Å². The van der Waals surface area contributed by atoms with Crippen molar-refractivity contribution < 1.29 is 31.1 Å². The monoisotopic (exact) mass is 368 g/mol. The number of hydrogen-bond acceptors (Lipinski definition) is 4. The van der Waals surface area contributed by atoms with E-state index >= 15 is 0 Å². The number of ether oxygens (including phenoxy) is 1. The first-order valence-corrected chi connectivity index (χ1v) is 8.93. The number of cyclic esters (lactones) is 1. The summed E-state index contributed by atoms with van der Waals surface area (Å²) in [6.45, 7) is -0.190. The molecule has 0 saturated heterocycles. The molecule has 2 aromatic carbocycles. The highest BCUT2D eigenvalue weighted by Crippen LogP contribution is 2.34. The van der Waals surface area contributed by atoms with Gasteiger partial charge in [-0.3, -0.25) is 0 Å². The van der Waals surface area contributed by atoms with Crippen molar-refractivity contribution in [3.8, 4) is 0 Å². The molecule has 0 bridgehead atoms. The van der Waals surface area contributed by atoms with Gasteiger partial charge in [0.1, 0.15) is 17.3 Å². The van der Waals surface area contributed by atoms with E-state index in [9.17, 15) is 26.4 Å². The van der Waals surface area contributed by atoms with Gasteiger partial charge in [-0.1, -0.05) is 12.1 Å². The fourth-order valence-electron chi connectivity index (χ4n) is 2.57. The van der Waals surface area contributed by atoms with Gasteiger partial charge in [-0.25, -0.2) is 26.4 Å². The number of sulfone groups is 1. The van der Waals surface area contributed by atoms with E-state index in [0.717, 1.165) is 30.5 Å². The molecule has 25 heavy (non-hydrogen) atoms. The van der Waals surface area contributed by atoms with Crippen LogP contribution in [0.4, 0.5) is 13.2 Å². The van der Waals surface area contributed by atoms with E-state index in [2.05, 4.69) is 0 Å². The lowest BCUT2D eigenvalue weighted by atomic mass is 9.96. The predicted molar refractivity (Wildman–Crippen MR) is 83.6 cm³/mol. The molecule has 1 aliphatic rings. The van der Waals surface area contributed by atoms with Gasteiger partial charge in [0.15, 0.2) is 21.5 Å². The largest absolute Gasteiger partial charge is 0.457 e. The van der Waals surface area contributed by atoms with Crippen LogP contribution < -0.4 is 0 Å². The van der Waals surface area contributed by atoms with Crippen LogP contribution in [0, 0.1) is 17.5 Å². The quantitative estimate of drug-likeness (QED) is 0.782. The Morgan fingerprint density at radius 3 is 2.16 bits per heavy atom. The third kappa shape index (κ3) is 3.17. The van der Waals surface area contributed by atoms with Crippen LogP contribution in [0.2, 0.25) is 0 Å². The zero-order valence-electron chi connectivity index (χ0n) is 12.8. The molecule has 0 fully saturated rings. The van der Waals surface area contributed by atoms with Crippen molar-refractivity contribution in [3.05, 3.63) is 65.0 Å². The SMILES string of the molecule is CS(=O)(=O)c1ccc(C2=C(c3ccc(F)c(F)c3)C(=O)OC2)cc1F. The first-order chi connectivity index (χ1) is 11.7. The van der Waals surface area contributed by atoms with Crippen LogP contribution in [0.25, 0.3) is 11.1 Å². The number of halogens is 3. The molecule has 0 saturated carbocycles. The normalized spacial score (nSPS) is 14.8. The molecule has 0 aromatic heterocycles. The number of esters is 1. The molecule has 130 valence electrons. The van der Waals surface area contributed by atoms with Gasteiger partial charge in [0, 0.05) is 11.8 Å². The van der Waals surface area contributed by atoms with E-state index in [4.69, 9.17) is 4.74 Å². The van der Waals surface area contributed by atoms with E-state index in [-0.39, 0.29) is 28.9 Å². The zero-order chi connectivity index (χ0) is 18.4. The molecule has 0 amide bonds. The van der Waals surface area contributed by atoms with Crippen LogP contribution >= 0.6 is 0 Å². The fourth-order valence-corrected chi connectivity index (χ4v) is 3.29. The third-order valence-corrected chi connectivity index (χ3v) is 4.87. The summed E-state index contributed by atoms with van der Waals surface area (Å²) in [6, 6.07) is 6.30. The summed E-state index contributed by atoms with van der Waals surface area (Å²) in [6.07, 6.45) is 0.874. The molecule has 2 aromatic rings. The fraction of sp³-hybridized carbons (Fsp3) is 0.118. The molecule has 0 radical (unpaired) electrons. The Kier molecular flexibility index (Phi) is 4.16. The Balaban J connectivity index is 2.16. The van der Waals surface area contributed by atoms with Crippen molar-refractivity contribution >= 4 is 27.0 Å². The maximum Gasteiger partial charge on any atom is 0.339 e. The number of benzene rings is 2. The zero-order valence-corrected chi connectivity index (χ0v) is 13.7. The summed E-state index contributed by atoms with van der Waals surface area (Å²) in [7, 11) is -3.74. The number of rotatable bonds is 3.